The fourth-order valence-electron chi connectivity index (χ4n) is 3.60. The van der Waals surface area contributed by atoms with E-state index in [0.717, 1.165) is 25.7 Å². The van der Waals surface area contributed by atoms with Crippen LogP contribution >= 0.6 is 0 Å². The molecule has 0 radical (unpaired) electrons. The Balaban J connectivity index is 1.55. The Morgan fingerprint density at radius 1 is 1.14 bits per heavy atom. The van der Waals surface area contributed by atoms with Gasteiger partial charge in [0.15, 0.2) is 0 Å². The highest BCUT2D eigenvalue weighted by molar-refractivity contribution is 6.02. The van der Waals surface area contributed by atoms with Crippen LogP contribution in [0.2, 0.25) is 0 Å². The Morgan fingerprint density at radius 3 is 2.55 bits per heavy atom. The highest BCUT2D eigenvalue weighted by Crippen LogP contribution is 2.29. The number of amides is 4. The van der Waals surface area contributed by atoms with Crippen molar-refractivity contribution in [3.63, 3.8) is 0 Å². The molecule has 0 aromatic carbocycles. The molecular weight excluding hydrogens is 286 g/mol. The summed E-state index contributed by atoms with van der Waals surface area (Å²) in [5, 5.41) is 4.90. The summed E-state index contributed by atoms with van der Waals surface area (Å²) in [4.78, 5) is 49.0. The predicted octanol–water partition coefficient (Wildman–Crippen LogP) is -0.301. The first kappa shape index (κ1) is 15.0. The van der Waals surface area contributed by atoms with E-state index in [9.17, 15) is 19.2 Å². The smallest absolute Gasteiger partial charge is 0.249 e. The largest absolute Gasteiger partial charge is 0.344 e. The van der Waals surface area contributed by atoms with Gasteiger partial charge in [-0.15, -0.1) is 0 Å². The number of rotatable bonds is 3. The average molecular weight is 307 g/mol. The maximum atomic E-state index is 12.3. The van der Waals surface area contributed by atoms with Gasteiger partial charge in [0, 0.05) is 25.4 Å². The Hall–Kier alpha value is -1.92. The number of nitrogens with zero attached hydrogens (tertiary/aromatic N) is 1. The van der Waals surface area contributed by atoms with Crippen LogP contribution in [0.15, 0.2) is 0 Å². The molecule has 3 fully saturated rings. The number of nitrogens with one attached hydrogen (secondary N) is 2. The van der Waals surface area contributed by atoms with Crippen LogP contribution in [0.1, 0.15) is 44.9 Å². The van der Waals surface area contributed by atoms with Gasteiger partial charge in [0.25, 0.3) is 0 Å². The molecule has 0 spiro atoms. The third-order valence-corrected chi connectivity index (χ3v) is 4.85. The Bertz CT molecular complexity index is 513. The van der Waals surface area contributed by atoms with E-state index in [1.165, 1.54) is 0 Å². The minimum Gasteiger partial charge on any atom is -0.344 e. The van der Waals surface area contributed by atoms with Gasteiger partial charge in [-0.05, 0) is 19.3 Å². The van der Waals surface area contributed by atoms with Crippen LogP contribution in [0.5, 0.6) is 0 Å². The Kier molecular flexibility index (Phi) is 4.13. The van der Waals surface area contributed by atoms with E-state index in [4.69, 9.17) is 0 Å². The van der Waals surface area contributed by atoms with Crippen LogP contribution in [-0.4, -0.2) is 47.2 Å². The number of piperidine rings is 1. The van der Waals surface area contributed by atoms with Gasteiger partial charge in [0.05, 0.1) is 5.92 Å². The summed E-state index contributed by atoms with van der Waals surface area (Å²) in [6.07, 6.45) is 5.09. The minimum atomic E-state index is -0.666. The van der Waals surface area contributed by atoms with Crippen molar-refractivity contribution >= 4 is 23.6 Å². The molecule has 1 saturated carbocycles. The third kappa shape index (κ3) is 2.98. The predicted molar refractivity (Wildman–Crippen MR) is 76.4 cm³/mol. The molecule has 2 unspecified atom stereocenters. The van der Waals surface area contributed by atoms with Crippen molar-refractivity contribution in [1.29, 1.82) is 0 Å². The van der Waals surface area contributed by atoms with E-state index in [-0.39, 0.29) is 36.6 Å². The fourth-order valence-corrected chi connectivity index (χ4v) is 3.60. The second-order valence-electron chi connectivity index (χ2n) is 6.40. The number of hydrogen-bond donors (Lipinski definition) is 2. The Labute approximate surface area is 128 Å². The van der Waals surface area contributed by atoms with Crippen LogP contribution in [0.3, 0.4) is 0 Å². The average Bonchev–Trinajstić information content (AvgIpc) is 3.10. The van der Waals surface area contributed by atoms with Gasteiger partial charge in [-0.1, -0.05) is 12.8 Å². The molecular formula is C15H21N3O4. The van der Waals surface area contributed by atoms with Crippen molar-refractivity contribution in [3.05, 3.63) is 0 Å². The van der Waals surface area contributed by atoms with Crippen molar-refractivity contribution in [2.45, 2.75) is 57.0 Å². The molecule has 0 aromatic heterocycles. The van der Waals surface area contributed by atoms with E-state index in [2.05, 4.69) is 10.6 Å². The zero-order valence-electron chi connectivity index (χ0n) is 12.5. The maximum Gasteiger partial charge on any atom is 0.249 e. The molecule has 7 heteroatoms. The molecule has 2 aliphatic heterocycles. The Morgan fingerprint density at radius 2 is 1.86 bits per heavy atom. The third-order valence-electron chi connectivity index (χ3n) is 4.85. The number of likely N-dealkylation sites (tertiary alicyclic amines) is 1. The van der Waals surface area contributed by atoms with Gasteiger partial charge in [0.1, 0.15) is 6.04 Å². The van der Waals surface area contributed by atoms with Crippen molar-refractivity contribution in [2.24, 2.45) is 5.92 Å². The van der Waals surface area contributed by atoms with Crippen LogP contribution in [0.4, 0.5) is 0 Å². The molecule has 22 heavy (non-hydrogen) atoms. The molecule has 2 saturated heterocycles. The minimum absolute atomic E-state index is 0.0373. The summed E-state index contributed by atoms with van der Waals surface area (Å²) in [6.45, 7) is 0.447. The van der Waals surface area contributed by atoms with Crippen molar-refractivity contribution in [3.8, 4) is 0 Å². The first-order valence-corrected chi connectivity index (χ1v) is 7.98. The van der Waals surface area contributed by atoms with E-state index >= 15 is 0 Å². The topological polar surface area (TPSA) is 95.6 Å². The summed E-state index contributed by atoms with van der Waals surface area (Å²) < 4.78 is 0. The second kappa shape index (κ2) is 6.06. The summed E-state index contributed by atoms with van der Waals surface area (Å²) in [6, 6.07) is -0.387. The number of hydrogen-bond acceptors (Lipinski definition) is 4. The first-order chi connectivity index (χ1) is 10.5. The SMILES string of the molecule is O=C1CCC(NC(=O)C2CC(=O)N(C3CCCC3)C2)C(=O)N1. The summed E-state index contributed by atoms with van der Waals surface area (Å²) in [7, 11) is 0. The van der Waals surface area contributed by atoms with E-state index in [0.29, 0.717) is 13.0 Å². The van der Waals surface area contributed by atoms with Gasteiger partial charge in [-0.2, -0.15) is 0 Å². The maximum absolute atomic E-state index is 12.3. The lowest BCUT2D eigenvalue weighted by molar-refractivity contribution is -0.138. The number of imide groups is 1. The van der Waals surface area contributed by atoms with Crippen LogP contribution in [0.25, 0.3) is 0 Å². The lowest BCUT2D eigenvalue weighted by atomic mass is 10.0. The lowest BCUT2D eigenvalue weighted by Crippen LogP contribution is -2.53. The fraction of sp³-hybridized carbons (Fsp3) is 0.733. The normalized spacial score (nSPS) is 29.8. The second-order valence-corrected chi connectivity index (χ2v) is 6.40. The monoisotopic (exact) mass is 307 g/mol. The molecule has 2 heterocycles. The molecule has 0 aromatic rings. The first-order valence-electron chi connectivity index (χ1n) is 7.98. The molecule has 120 valence electrons. The van der Waals surface area contributed by atoms with Crippen LogP contribution in [-0.2, 0) is 19.2 Å². The highest BCUT2D eigenvalue weighted by atomic mass is 16.2. The zero-order chi connectivity index (χ0) is 15.7. The van der Waals surface area contributed by atoms with Gasteiger partial charge < -0.3 is 10.2 Å². The standard InChI is InChI=1S/C15H21N3O4/c19-12-6-5-11(15(22)17-12)16-14(21)9-7-13(20)18(8-9)10-3-1-2-4-10/h9-11H,1-8H2,(H,16,21)(H,17,19,22). The lowest BCUT2D eigenvalue weighted by Gasteiger charge is -2.25. The van der Waals surface area contributed by atoms with Gasteiger partial charge in [0.2, 0.25) is 23.6 Å². The molecule has 3 aliphatic rings. The zero-order valence-corrected chi connectivity index (χ0v) is 12.5. The summed E-state index contributed by atoms with van der Waals surface area (Å²) >= 11 is 0. The summed E-state index contributed by atoms with van der Waals surface area (Å²) in [5.74, 6) is -1.38. The van der Waals surface area contributed by atoms with Crippen molar-refractivity contribution < 1.29 is 19.2 Å². The van der Waals surface area contributed by atoms with E-state index in [1.807, 2.05) is 4.90 Å². The van der Waals surface area contributed by atoms with Crippen molar-refractivity contribution in [2.75, 3.05) is 6.54 Å². The number of carbonyl (C=O) groups is 4. The summed E-state index contributed by atoms with van der Waals surface area (Å²) in [5.41, 5.74) is 0. The molecule has 3 rings (SSSR count). The van der Waals surface area contributed by atoms with E-state index in [1.54, 1.807) is 0 Å². The molecule has 2 atom stereocenters. The van der Waals surface area contributed by atoms with Crippen LogP contribution in [0, 0.1) is 5.92 Å². The molecule has 0 bridgehead atoms. The van der Waals surface area contributed by atoms with Gasteiger partial charge >= 0.3 is 0 Å². The molecule has 2 N–H and O–H groups in total. The highest BCUT2D eigenvalue weighted by Gasteiger charge is 2.40. The van der Waals surface area contributed by atoms with Gasteiger partial charge in [-0.25, -0.2) is 0 Å². The van der Waals surface area contributed by atoms with Crippen LogP contribution < -0.4 is 10.6 Å². The molecule has 1 aliphatic carbocycles. The quantitative estimate of drug-likeness (QED) is 0.700. The van der Waals surface area contributed by atoms with Gasteiger partial charge in [-0.3, -0.25) is 24.5 Å². The molecule has 4 amide bonds. The van der Waals surface area contributed by atoms with E-state index < -0.39 is 17.9 Å². The molecule has 7 nitrogen and oxygen atoms in total. The number of carbonyl (C=O) groups excluding carboxylic acids is 4. The van der Waals surface area contributed by atoms with Crippen molar-refractivity contribution in [1.82, 2.24) is 15.5 Å².